The summed E-state index contributed by atoms with van der Waals surface area (Å²) in [7, 11) is 0. The molecule has 5 nitrogen and oxygen atoms in total. The molecule has 5 heteroatoms. The molecule has 24 heavy (non-hydrogen) atoms. The van der Waals surface area contributed by atoms with Gasteiger partial charge in [-0.25, -0.2) is 4.98 Å². The van der Waals surface area contributed by atoms with E-state index in [9.17, 15) is 9.90 Å². The number of aliphatic hydroxyl groups excluding tert-OH is 1. The van der Waals surface area contributed by atoms with Gasteiger partial charge in [-0.1, -0.05) is 24.3 Å². The Balaban J connectivity index is 1.62. The lowest BCUT2D eigenvalue weighted by Gasteiger charge is -2.26. The van der Waals surface area contributed by atoms with Crippen molar-refractivity contribution in [3.05, 3.63) is 63.3 Å². The molecule has 0 aliphatic heterocycles. The summed E-state index contributed by atoms with van der Waals surface area (Å²) < 4.78 is 7.40. The summed E-state index contributed by atoms with van der Waals surface area (Å²) in [5.74, 6) is 0. The number of hydrogen-bond donors (Lipinski definition) is 1. The quantitative estimate of drug-likeness (QED) is 0.915. The number of nitrogens with zero attached hydrogens (tertiary/aromatic N) is 2. The lowest BCUT2D eigenvalue weighted by atomic mass is 9.89. The van der Waals surface area contributed by atoms with Crippen LogP contribution in [0.25, 0.3) is 0 Å². The van der Waals surface area contributed by atoms with Crippen LogP contribution in [0.4, 0.5) is 0 Å². The first-order chi connectivity index (χ1) is 11.6. The van der Waals surface area contributed by atoms with Crippen molar-refractivity contribution in [1.29, 1.82) is 0 Å². The molecule has 0 fully saturated rings. The van der Waals surface area contributed by atoms with Gasteiger partial charge in [0.25, 0.3) is 5.56 Å². The van der Waals surface area contributed by atoms with Crippen molar-refractivity contribution in [2.75, 3.05) is 6.61 Å². The fourth-order valence-corrected chi connectivity index (χ4v) is 3.20. The molecule has 0 unspecified atom stereocenters. The fraction of sp³-hybridized carbons (Fsp3) is 0.474. The number of ether oxygens (including phenoxy) is 1. The number of aromatic nitrogens is 2. The molecular weight excluding hydrogens is 304 g/mol. The molecule has 1 aromatic carbocycles. The lowest BCUT2D eigenvalue weighted by Crippen LogP contribution is -2.31. The molecule has 1 aromatic heterocycles. The first-order valence-corrected chi connectivity index (χ1v) is 8.46. The molecule has 0 spiro atoms. The fourth-order valence-electron chi connectivity index (χ4n) is 3.20. The van der Waals surface area contributed by atoms with E-state index in [0.717, 1.165) is 25.0 Å². The molecule has 1 N–H and O–H groups in total. The Kier molecular flexibility index (Phi) is 5.11. The lowest BCUT2D eigenvalue weighted by molar-refractivity contribution is -0.0229. The maximum atomic E-state index is 12.2. The molecule has 0 saturated carbocycles. The van der Waals surface area contributed by atoms with Gasteiger partial charge in [0.05, 0.1) is 31.7 Å². The molecule has 0 saturated heterocycles. The van der Waals surface area contributed by atoms with Gasteiger partial charge in [0.1, 0.15) is 0 Å². The van der Waals surface area contributed by atoms with Crippen molar-refractivity contribution in [2.24, 2.45) is 0 Å². The minimum absolute atomic E-state index is 0.0270. The molecule has 1 aliphatic carbocycles. The van der Waals surface area contributed by atoms with Crippen molar-refractivity contribution in [2.45, 2.75) is 51.9 Å². The molecular formula is C19H24N2O3. The number of rotatable bonds is 5. The summed E-state index contributed by atoms with van der Waals surface area (Å²) in [6.07, 6.45) is 3.93. The standard InChI is InChI=1S/C19H24N2O3/c1-13-14(2)20-12-21(19(13)23)10-16(22)11-24-18-9-5-7-15-6-3-4-8-17(15)18/h3-4,6,8,12,16,18,22H,5,7,9-11H2,1-2H3/t16-,18-/m0/s1. The summed E-state index contributed by atoms with van der Waals surface area (Å²) in [5.41, 5.74) is 3.79. The Morgan fingerprint density at radius 2 is 2.17 bits per heavy atom. The normalized spacial score (nSPS) is 18.2. The van der Waals surface area contributed by atoms with Crippen molar-refractivity contribution >= 4 is 0 Å². The highest BCUT2D eigenvalue weighted by Crippen LogP contribution is 2.32. The van der Waals surface area contributed by atoms with Gasteiger partial charge in [-0.05, 0) is 44.2 Å². The summed E-state index contributed by atoms with van der Waals surface area (Å²) >= 11 is 0. The summed E-state index contributed by atoms with van der Waals surface area (Å²) in [6, 6.07) is 8.32. The highest BCUT2D eigenvalue weighted by atomic mass is 16.5. The monoisotopic (exact) mass is 328 g/mol. The molecule has 1 heterocycles. The van der Waals surface area contributed by atoms with E-state index in [2.05, 4.69) is 23.2 Å². The van der Waals surface area contributed by atoms with Gasteiger partial charge in [0.15, 0.2) is 0 Å². The second-order valence-electron chi connectivity index (χ2n) is 6.48. The zero-order valence-electron chi connectivity index (χ0n) is 14.2. The van der Waals surface area contributed by atoms with Crippen LogP contribution in [0, 0.1) is 13.8 Å². The topological polar surface area (TPSA) is 64.3 Å². The van der Waals surface area contributed by atoms with Crippen LogP contribution in [-0.2, 0) is 17.7 Å². The van der Waals surface area contributed by atoms with E-state index in [1.54, 1.807) is 13.8 Å². The molecule has 0 amide bonds. The van der Waals surface area contributed by atoms with Gasteiger partial charge in [-0.3, -0.25) is 9.36 Å². The summed E-state index contributed by atoms with van der Waals surface area (Å²) in [4.78, 5) is 16.3. The van der Waals surface area contributed by atoms with Gasteiger partial charge in [0.2, 0.25) is 0 Å². The van der Waals surface area contributed by atoms with Crippen LogP contribution >= 0.6 is 0 Å². The van der Waals surface area contributed by atoms with Gasteiger partial charge >= 0.3 is 0 Å². The highest BCUT2D eigenvalue weighted by molar-refractivity contribution is 5.31. The average Bonchev–Trinajstić information content (AvgIpc) is 2.60. The number of benzene rings is 1. The van der Waals surface area contributed by atoms with Crippen LogP contribution in [0.2, 0.25) is 0 Å². The van der Waals surface area contributed by atoms with Crippen molar-refractivity contribution in [1.82, 2.24) is 9.55 Å². The molecule has 0 radical (unpaired) electrons. The highest BCUT2D eigenvalue weighted by Gasteiger charge is 2.21. The maximum Gasteiger partial charge on any atom is 0.256 e. The summed E-state index contributed by atoms with van der Waals surface area (Å²) in [6.45, 7) is 3.96. The molecule has 2 atom stereocenters. The van der Waals surface area contributed by atoms with E-state index < -0.39 is 6.10 Å². The van der Waals surface area contributed by atoms with Crippen LogP contribution < -0.4 is 5.56 Å². The Bertz CT molecular complexity index is 769. The van der Waals surface area contributed by atoms with Crippen LogP contribution in [0.5, 0.6) is 0 Å². The van der Waals surface area contributed by atoms with Crippen LogP contribution in [0.15, 0.2) is 35.4 Å². The Labute approximate surface area is 141 Å². The van der Waals surface area contributed by atoms with Crippen molar-refractivity contribution < 1.29 is 9.84 Å². The van der Waals surface area contributed by atoms with Gasteiger partial charge in [-0.15, -0.1) is 0 Å². The number of aliphatic hydroxyl groups is 1. The van der Waals surface area contributed by atoms with Crippen LogP contribution in [0.3, 0.4) is 0 Å². The zero-order chi connectivity index (χ0) is 17.1. The van der Waals surface area contributed by atoms with Gasteiger partial charge < -0.3 is 9.84 Å². The van der Waals surface area contributed by atoms with Crippen molar-refractivity contribution in [3.63, 3.8) is 0 Å². The van der Waals surface area contributed by atoms with Crippen LogP contribution in [-0.4, -0.2) is 27.4 Å². The zero-order valence-corrected chi connectivity index (χ0v) is 14.2. The second-order valence-corrected chi connectivity index (χ2v) is 6.48. The van der Waals surface area contributed by atoms with E-state index >= 15 is 0 Å². The minimum atomic E-state index is -0.735. The average molecular weight is 328 g/mol. The molecule has 128 valence electrons. The van der Waals surface area contributed by atoms with Gasteiger partial charge in [0, 0.05) is 11.3 Å². The third-order valence-electron chi connectivity index (χ3n) is 4.73. The molecule has 3 rings (SSSR count). The number of aryl methyl sites for hydroxylation is 2. The summed E-state index contributed by atoms with van der Waals surface area (Å²) in [5, 5.41) is 10.3. The Morgan fingerprint density at radius 1 is 1.38 bits per heavy atom. The predicted octanol–water partition coefficient (Wildman–Crippen LogP) is 2.32. The van der Waals surface area contributed by atoms with E-state index in [1.165, 1.54) is 22.0 Å². The Morgan fingerprint density at radius 3 is 3.00 bits per heavy atom. The van der Waals surface area contributed by atoms with Crippen molar-refractivity contribution in [3.8, 4) is 0 Å². The van der Waals surface area contributed by atoms with Gasteiger partial charge in [-0.2, -0.15) is 0 Å². The van der Waals surface area contributed by atoms with E-state index in [-0.39, 0.29) is 24.8 Å². The van der Waals surface area contributed by atoms with Crippen LogP contribution in [0.1, 0.15) is 41.3 Å². The number of fused-ring (bicyclic) bond motifs is 1. The van der Waals surface area contributed by atoms with E-state index in [0.29, 0.717) is 5.56 Å². The minimum Gasteiger partial charge on any atom is -0.389 e. The Hall–Kier alpha value is -1.98. The smallest absolute Gasteiger partial charge is 0.256 e. The SMILES string of the molecule is Cc1ncn(C[C@H](O)CO[C@H]2CCCc3ccccc32)c(=O)c1C. The van der Waals surface area contributed by atoms with E-state index in [4.69, 9.17) is 4.74 Å². The first kappa shape index (κ1) is 16.9. The third kappa shape index (κ3) is 3.57. The molecule has 2 aromatic rings. The first-order valence-electron chi connectivity index (χ1n) is 8.46. The second kappa shape index (κ2) is 7.28. The largest absolute Gasteiger partial charge is 0.389 e. The molecule has 1 aliphatic rings. The molecule has 0 bridgehead atoms. The third-order valence-corrected chi connectivity index (χ3v) is 4.73. The number of hydrogen-bond acceptors (Lipinski definition) is 4. The van der Waals surface area contributed by atoms with E-state index in [1.807, 2.05) is 6.07 Å². The predicted molar refractivity (Wildman–Crippen MR) is 92.1 cm³/mol. The maximum absolute atomic E-state index is 12.2.